The molecule has 0 atom stereocenters. The van der Waals surface area contributed by atoms with E-state index in [0.29, 0.717) is 18.0 Å². The highest BCUT2D eigenvalue weighted by Crippen LogP contribution is 2.22. The number of hydrogen-bond acceptors (Lipinski definition) is 4. The van der Waals surface area contributed by atoms with Crippen molar-refractivity contribution in [2.75, 3.05) is 0 Å². The number of aromatic nitrogens is 2. The van der Waals surface area contributed by atoms with E-state index in [1.54, 1.807) is 35.9 Å². The van der Waals surface area contributed by atoms with Crippen molar-refractivity contribution in [1.29, 1.82) is 0 Å². The van der Waals surface area contributed by atoms with Gasteiger partial charge in [0.1, 0.15) is 0 Å². The minimum absolute atomic E-state index is 0.0609. The molecule has 0 aliphatic rings. The van der Waals surface area contributed by atoms with E-state index in [-0.39, 0.29) is 5.91 Å². The highest BCUT2D eigenvalue weighted by atomic mass is 35.5. The van der Waals surface area contributed by atoms with Crippen LogP contribution < -0.4 is 5.32 Å². The van der Waals surface area contributed by atoms with Gasteiger partial charge in [-0.15, -0.1) is 0 Å². The average molecular weight is 344 g/mol. The minimum Gasteiger partial charge on any atom is -0.350 e. The first-order chi connectivity index (χ1) is 11.2. The van der Waals surface area contributed by atoms with E-state index in [1.165, 1.54) is 0 Å². The van der Waals surface area contributed by atoms with Gasteiger partial charge in [-0.05, 0) is 29.1 Å². The van der Waals surface area contributed by atoms with Crippen LogP contribution in [-0.2, 0) is 17.8 Å². The molecule has 1 amide bonds. The average Bonchev–Trinajstić information content (AvgIpc) is 3.10. The van der Waals surface area contributed by atoms with Crippen LogP contribution in [0.1, 0.15) is 11.3 Å². The number of nitrogens with one attached hydrogen (secondary N) is 1. The van der Waals surface area contributed by atoms with Crippen LogP contribution in [0.25, 0.3) is 11.3 Å². The largest absolute Gasteiger partial charge is 0.350 e. The Morgan fingerprint density at radius 2 is 1.91 bits per heavy atom. The molecule has 3 aromatic rings. The third-order valence-corrected chi connectivity index (χ3v) is 4.23. The molecular weight excluding hydrogens is 330 g/mol. The van der Waals surface area contributed by atoms with Crippen molar-refractivity contribution in [1.82, 2.24) is 15.3 Å². The second kappa shape index (κ2) is 7.35. The second-order valence-corrected chi connectivity index (χ2v) is 6.16. The fraction of sp³-hybridized carbons (Fsp3) is 0.118. The molecule has 0 spiro atoms. The number of halogens is 1. The van der Waals surface area contributed by atoms with E-state index in [9.17, 15) is 4.79 Å². The van der Waals surface area contributed by atoms with Gasteiger partial charge in [0.2, 0.25) is 5.91 Å². The van der Waals surface area contributed by atoms with Crippen molar-refractivity contribution >= 4 is 28.8 Å². The molecule has 23 heavy (non-hydrogen) atoms. The lowest BCUT2D eigenvalue weighted by molar-refractivity contribution is -0.120. The second-order valence-electron chi connectivity index (χ2n) is 4.94. The van der Waals surface area contributed by atoms with Crippen LogP contribution in [-0.4, -0.2) is 15.9 Å². The lowest BCUT2D eigenvalue weighted by atomic mass is 10.1. The topological polar surface area (TPSA) is 54.9 Å². The number of benzene rings is 1. The molecule has 2 heterocycles. The Hall–Kier alpha value is -2.24. The van der Waals surface area contributed by atoms with Crippen LogP contribution in [0.5, 0.6) is 0 Å². The van der Waals surface area contributed by atoms with Gasteiger partial charge in [-0.25, -0.2) is 0 Å². The number of rotatable bonds is 5. The summed E-state index contributed by atoms with van der Waals surface area (Å²) in [6, 6.07) is 9.25. The van der Waals surface area contributed by atoms with Crippen molar-refractivity contribution < 1.29 is 4.79 Å². The lowest BCUT2D eigenvalue weighted by Crippen LogP contribution is -2.25. The highest BCUT2D eigenvalue weighted by Gasteiger charge is 2.10. The smallest absolute Gasteiger partial charge is 0.224 e. The molecule has 0 aliphatic carbocycles. The van der Waals surface area contributed by atoms with Crippen molar-refractivity contribution in [2.45, 2.75) is 13.0 Å². The summed E-state index contributed by atoms with van der Waals surface area (Å²) in [5.74, 6) is -0.0609. The molecular formula is C17H14ClN3OS. The molecule has 1 aromatic carbocycles. The third kappa shape index (κ3) is 4.15. The van der Waals surface area contributed by atoms with Crippen molar-refractivity contribution in [2.24, 2.45) is 0 Å². The zero-order chi connectivity index (χ0) is 16.1. The Morgan fingerprint density at radius 3 is 2.65 bits per heavy atom. The van der Waals surface area contributed by atoms with E-state index in [0.717, 1.165) is 22.5 Å². The summed E-state index contributed by atoms with van der Waals surface area (Å²) in [6.07, 6.45) is 3.60. The molecule has 1 N–H and O–H groups in total. The summed E-state index contributed by atoms with van der Waals surface area (Å²) in [5.41, 5.74) is 3.50. The van der Waals surface area contributed by atoms with Gasteiger partial charge >= 0.3 is 0 Å². The fourth-order valence-electron chi connectivity index (χ4n) is 2.17. The van der Waals surface area contributed by atoms with E-state index < -0.39 is 0 Å². The number of amides is 1. The lowest BCUT2D eigenvalue weighted by Gasteiger charge is -2.08. The molecule has 0 unspecified atom stereocenters. The van der Waals surface area contributed by atoms with Crippen LogP contribution in [0.3, 0.4) is 0 Å². The maximum atomic E-state index is 12.1. The quantitative estimate of drug-likeness (QED) is 0.768. The molecule has 2 aromatic heterocycles. The molecule has 0 saturated carbocycles. The summed E-state index contributed by atoms with van der Waals surface area (Å²) < 4.78 is 0. The summed E-state index contributed by atoms with van der Waals surface area (Å²) >= 11 is 7.45. The number of carbonyl (C=O) groups is 1. The van der Waals surface area contributed by atoms with Crippen molar-refractivity contribution in [3.8, 4) is 11.3 Å². The molecule has 116 valence electrons. The first kappa shape index (κ1) is 15.6. The van der Waals surface area contributed by atoms with Gasteiger partial charge in [-0.2, -0.15) is 11.3 Å². The normalized spacial score (nSPS) is 10.5. The monoisotopic (exact) mass is 343 g/mol. The molecule has 0 aliphatic heterocycles. The zero-order valence-electron chi connectivity index (χ0n) is 12.2. The standard InChI is InChI=1S/C17H14ClN3OS/c18-14-3-1-12(2-4-14)9-16(22)21-10-15-17(20-7-6-19-15)13-5-8-23-11-13/h1-8,11H,9-10H2,(H,21,22). The number of hydrogen-bond donors (Lipinski definition) is 1. The van der Waals surface area contributed by atoms with E-state index in [1.807, 2.05) is 29.0 Å². The van der Waals surface area contributed by atoms with Crippen LogP contribution in [0.15, 0.2) is 53.5 Å². The zero-order valence-corrected chi connectivity index (χ0v) is 13.8. The Balaban J connectivity index is 1.64. The van der Waals surface area contributed by atoms with Crippen LogP contribution in [0, 0.1) is 0 Å². The Kier molecular flexibility index (Phi) is 5.00. The van der Waals surface area contributed by atoms with Gasteiger partial charge in [0, 0.05) is 28.4 Å². The van der Waals surface area contributed by atoms with Crippen LogP contribution in [0.2, 0.25) is 5.02 Å². The SMILES string of the molecule is O=C(Cc1ccc(Cl)cc1)NCc1nccnc1-c1ccsc1. The predicted octanol–water partition coefficient (Wildman–Crippen LogP) is 3.72. The van der Waals surface area contributed by atoms with Crippen LogP contribution in [0.4, 0.5) is 0 Å². The Morgan fingerprint density at radius 1 is 1.13 bits per heavy atom. The first-order valence-corrected chi connectivity index (χ1v) is 8.38. The van der Waals surface area contributed by atoms with Crippen molar-refractivity contribution in [3.63, 3.8) is 0 Å². The maximum absolute atomic E-state index is 12.1. The summed E-state index contributed by atoms with van der Waals surface area (Å²) in [7, 11) is 0. The Labute approximate surface area is 143 Å². The van der Waals surface area contributed by atoms with Gasteiger partial charge in [0.15, 0.2) is 0 Å². The van der Waals surface area contributed by atoms with Crippen molar-refractivity contribution in [3.05, 3.63) is 69.8 Å². The number of nitrogens with zero attached hydrogens (tertiary/aromatic N) is 2. The predicted molar refractivity (Wildman–Crippen MR) is 92.3 cm³/mol. The maximum Gasteiger partial charge on any atom is 0.224 e. The Bertz CT molecular complexity index is 788. The fourth-order valence-corrected chi connectivity index (χ4v) is 2.94. The molecule has 0 radical (unpaired) electrons. The minimum atomic E-state index is -0.0609. The number of carbonyl (C=O) groups excluding carboxylic acids is 1. The van der Waals surface area contributed by atoms with Gasteiger partial charge < -0.3 is 5.32 Å². The molecule has 0 fully saturated rings. The molecule has 0 bridgehead atoms. The summed E-state index contributed by atoms with van der Waals surface area (Å²) in [5, 5.41) is 7.56. The first-order valence-electron chi connectivity index (χ1n) is 7.06. The summed E-state index contributed by atoms with van der Waals surface area (Å²) in [6.45, 7) is 0.353. The van der Waals surface area contributed by atoms with Gasteiger partial charge in [-0.1, -0.05) is 23.7 Å². The molecule has 3 rings (SSSR count). The molecule has 6 heteroatoms. The highest BCUT2D eigenvalue weighted by molar-refractivity contribution is 7.08. The van der Waals surface area contributed by atoms with Gasteiger partial charge in [0.05, 0.1) is 24.4 Å². The van der Waals surface area contributed by atoms with E-state index in [2.05, 4.69) is 15.3 Å². The van der Waals surface area contributed by atoms with E-state index >= 15 is 0 Å². The van der Waals surface area contributed by atoms with Gasteiger partial charge in [-0.3, -0.25) is 14.8 Å². The molecule has 4 nitrogen and oxygen atoms in total. The van der Waals surface area contributed by atoms with E-state index in [4.69, 9.17) is 11.6 Å². The van der Waals surface area contributed by atoms with Gasteiger partial charge in [0.25, 0.3) is 0 Å². The summed E-state index contributed by atoms with van der Waals surface area (Å²) in [4.78, 5) is 20.8. The third-order valence-electron chi connectivity index (χ3n) is 3.30. The number of thiophene rings is 1. The van der Waals surface area contributed by atoms with Crippen LogP contribution >= 0.6 is 22.9 Å². The molecule has 0 saturated heterocycles.